The fourth-order valence-electron chi connectivity index (χ4n) is 5.55. The lowest BCUT2D eigenvalue weighted by Gasteiger charge is -2.29. The zero-order valence-electron chi connectivity index (χ0n) is 22.8. The van der Waals surface area contributed by atoms with Crippen molar-refractivity contribution in [1.29, 1.82) is 0 Å². The maximum atomic E-state index is 13.8. The average molecular weight is 602 g/mol. The molecular formula is C30H31Cl2FN4O4. The van der Waals surface area contributed by atoms with Crippen molar-refractivity contribution >= 4 is 46.9 Å². The van der Waals surface area contributed by atoms with Crippen molar-refractivity contribution in [3.8, 4) is 5.69 Å². The Hall–Kier alpha value is -3.40. The number of carbonyl (C=O) groups excluding carboxylic acids is 2. The summed E-state index contributed by atoms with van der Waals surface area (Å²) in [5, 5.41) is 10.1. The van der Waals surface area contributed by atoms with Gasteiger partial charge >= 0.3 is 6.16 Å². The highest BCUT2D eigenvalue weighted by Crippen LogP contribution is 2.36. The first-order chi connectivity index (χ1) is 19.7. The largest absolute Gasteiger partial charge is 0.527 e. The molecule has 0 bridgehead atoms. The second-order valence-corrected chi connectivity index (χ2v) is 11.3. The predicted octanol–water partition coefficient (Wildman–Crippen LogP) is 7.07. The number of halogens is 3. The number of fused-ring (bicyclic) bond motifs is 1. The Morgan fingerprint density at radius 1 is 1.10 bits per heavy atom. The first kappa shape index (κ1) is 29.1. The average Bonchev–Trinajstić information content (AvgIpc) is 3.34. The van der Waals surface area contributed by atoms with E-state index >= 15 is 0 Å². The maximum absolute atomic E-state index is 13.8. The molecule has 2 aromatic carbocycles. The van der Waals surface area contributed by atoms with Gasteiger partial charge in [0.1, 0.15) is 5.82 Å². The van der Waals surface area contributed by atoms with Gasteiger partial charge in [0.05, 0.1) is 36.6 Å². The molecule has 1 aliphatic heterocycles. The van der Waals surface area contributed by atoms with Crippen LogP contribution in [0.5, 0.6) is 0 Å². The van der Waals surface area contributed by atoms with Crippen LogP contribution in [0.1, 0.15) is 66.3 Å². The zero-order chi connectivity index (χ0) is 29.1. The number of nitrogens with zero attached hydrogens (tertiary/aromatic N) is 3. The number of nitrogens with one attached hydrogen (secondary N) is 1. The molecular weight excluding hydrogens is 570 g/mol. The number of ether oxygens (including phenoxy) is 1. The summed E-state index contributed by atoms with van der Waals surface area (Å²) in [4.78, 5) is 31.3. The predicted molar refractivity (Wildman–Crippen MR) is 155 cm³/mol. The van der Waals surface area contributed by atoms with E-state index in [0.29, 0.717) is 44.0 Å². The van der Waals surface area contributed by atoms with Crippen molar-refractivity contribution in [1.82, 2.24) is 20.2 Å². The first-order valence-corrected chi connectivity index (χ1v) is 14.3. The van der Waals surface area contributed by atoms with E-state index in [-0.39, 0.29) is 36.5 Å². The Kier molecular flexibility index (Phi) is 8.97. The number of amides is 1. The maximum Gasteiger partial charge on any atom is 0.527 e. The van der Waals surface area contributed by atoms with E-state index in [1.54, 1.807) is 35.0 Å². The molecule has 0 radical (unpaired) electrons. The Balaban J connectivity index is 1.63. The number of aromatic nitrogens is 2. The van der Waals surface area contributed by atoms with E-state index < -0.39 is 6.16 Å². The van der Waals surface area contributed by atoms with Gasteiger partial charge in [-0.25, -0.2) is 13.9 Å². The number of hydrogen-bond acceptors (Lipinski definition) is 6. The highest BCUT2D eigenvalue weighted by molar-refractivity contribution is 6.35. The van der Waals surface area contributed by atoms with Gasteiger partial charge in [-0.15, -0.1) is 5.06 Å². The van der Waals surface area contributed by atoms with Gasteiger partial charge < -0.3 is 14.9 Å². The second-order valence-electron chi connectivity index (χ2n) is 10.4. The van der Waals surface area contributed by atoms with Crippen LogP contribution in [-0.4, -0.2) is 46.6 Å². The van der Waals surface area contributed by atoms with Crippen LogP contribution in [0.3, 0.4) is 0 Å². The van der Waals surface area contributed by atoms with Gasteiger partial charge in [-0.05, 0) is 73.2 Å². The molecule has 41 heavy (non-hydrogen) atoms. The lowest BCUT2D eigenvalue weighted by atomic mass is 9.84. The fourth-order valence-corrected chi connectivity index (χ4v) is 6.03. The summed E-state index contributed by atoms with van der Waals surface area (Å²) in [6, 6.07) is 11.0. The summed E-state index contributed by atoms with van der Waals surface area (Å²) in [6.45, 7) is 2.26. The number of hydroxylamine groups is 2. The molecule has 1 N–H and O–H groups in total. The molecule has 5 rings (SSSR count). The van der Waals surface area contributed by atoms with E-state index in [1.165, 1.54) is 30.7 Å². The number of methoxy groups -OCH3 is 1. The minimum Gasteiger partial charge on any atom is -0.436 e. The Morgan fingerprint density at radius 2 is 1.83 bits per heavy atom. The quantitative estimate of drug-likeness (QED) is 0.304. The fraction of sp³-hybridized carbons (Fsp3) is 0.367. The smallest absolute Gasteiger partial charge is 0.436 e. The molecule has 1 amide bonds. The molecule has 0 spiro atoms. The third-order valence-electron chi connectivity index (χ3n) is 7.62. The monoisotopic (exact) mass is 600 g/mol. The second kappa shape index (κ2) is 12.6. The van der Waals surface area contributed by atoms with Crippen molar-refractivity contribution < 1.29 is 23.6 Å². The van der Waals surface area contributed by atoms with E-state index in [0.717, 1.165) is 25.7 Å². The molecule has 3 aromatic rings. The number of benzene rings is 2. The van der Waals surface area contributed by atoms with Gasteiger partial charge in [-0.2, -0.15) is 5.10 Å². The third-order valence-corrected chi connectivity index (χ3v) is 8.16. The van der Waals surface area contributed by atoms with Gasteiger partial charge in [-0.3, -0.25) is 4.79 Å². The van der Waals surface area contributed by atoms with Gasteiger partial charge in [0.25, 0.3) is 5.91 Å². The first-order valence-electron chi connectivity index (χ1n) is 13.6. The highest BCUT2D eigenvalue weighted by atomic mass is 35.5. The van der Waals surface area contributed by atoms with Crippen molar-refractivity contribution in [2.24, 2.45) is 5.92 Å². The van der Waals surface area contributed by atoms with Crippen molar-refractivity contribution in [2.45, 2.75) is 51.6 Å². The lowest BCUT2D eigenvalue weighted by molar-refractivity contribution is -0.123. The van der Waals surface area contributed by atoms with E-state index in [2.05, 4.69) is 5.32 Å². The molecule has 1 aromatic heterocycles. The third kappa shape index (κ3) is 6.58. The summed E-state index contributed by atoms with van der Waals surface area (Å²) in [5.74, 6) is -0.301. The van der Waals surface area contributed by atoms with Crippen LogP contribution in [0.15, 0.2) is 42.5 Å². The Labute approximate surface area is 248 Å². The van der Waals surface area contributed by atoms with Crippen LogP contribution in [0.2, 0.25) is 10.0 Å². The normalized spacial score (nSPS) is 17.6. The summed E-state index contributed by atoms with van der Waals surface area (Å²) in [5.41, 5.74) is 3.27. The summed E-state index contributed by atoms with van der Waals surface area (Å²) in [6.07, 6.45) is 6.61. The van der Waals surface area contributed by atoms with Crippen molar-refractivity contribution in [3.05, 3.63) is 80.8 Å². The molecule has 2 heterocycles. The molecule has 11 heteroatoms. The zero-order valence-corrected chi connectivity index (χ0v) is 24.3. The van der Waals surface area contributed by atoms with Crippen molar-refractivity contribution in [2.75, 3.05) is 13.7 Å². The Bertz CT molecular complexity index is 1470. The Morgan fingerprint density at radius 3 is 2.51 bits per heavy atom. The highest BCUT2D eigenvalue weighted by Gasteiger charge is 2.35. The SMILES string of the molecule is COC(=O)ON1C/C(=C\c2ccc(F)cc2)c2c(c(C(=O)N[C@@H](C)C3CCCCC3)nn2-c2ccc(Cl)cc2Cl)C1. The topological polar surface area (TPSA) is 85.7 Å². The van der Waals surface area contributed by atoms with Crippen LogP contribution in [0.4, 0.5) is 9.18 Å². The molecule has 1 fully saturated rings. The number of rotatable bonds is 6. The van der Waals surface area contributed by atoms with Gasteiger partial charge in [0.2, 0.25) is 0 Å². The van der Waals surface area contributed by atoms with Gasteiger partial charge in [-0.1, -0.05) is 54.6 Å². The van der Waals surface area contributed by atoms with Gasteiger partial charge in [0.15, 0.2) is 5.69 Å². The van der Waals surface area contributed by atoms with Crippen LogP contribution in [-0.2, 0) is 16.1 Å². The molecule has 8 nitrogen and oxygen atoms in total. The standard InChI is InChI=1S/C30H31Cl2FN4O4/c1-18(20-6-4-3-5-7-20)34-29(38)27-24-17-36(41-30(39)40-2)16-21(14-19-8-11-23(33)12-9-19)28(24)37(35-27)26-13-10-22(31)15-25(26)32/h8-15,18,20H,3-7,16-17H2,1-2H3,(H,34,38)/b21-14+/t18-/m0/s1. The van der Waals surface area contributed by atoms with Crippen molar-refractivity contribution in [3.63, 3.8) is 0 Å². The van der Waals surface area contributed by atoms with Crippen LogP contribution in [0.25, 0.3) is 17.3 Å². The molecule has 1 atom stereocenters. The lowest BCUT2D eigenvalue weighted by Crippen LogP contribution is -2.40. The molecule has 1 saturated carbocycles. The number of carbonyl (C=O) groups is 2. The summed E-state index contributed by atoms with van der Waals surface area (Å²) >= 11 is 12.8. The van der Waals surface area contributed by atoms with E-state index in [1.807, 2.05) is 13.0 Å². The minimum absolute atomic E-state index is 0.0389. The molecule has 0 unspecified atom stereocenters. The van der Waals surface area contributed by atoms with Crippen LogP contribution >= 0.6 is 23.2 Å². The van der Waals surface area contributed by atoms with E-state index in [4.69, 9.17) is 37.9 Å². The van der Waals surface area contributed by atoms with Gasteiger partial charge in [0, 0.05) is 16.6 Å². The van der Waals surface area contributed by atoms with Crippen LogP contribution < -0.4 is 5.32 Å². The molecule has 2 aliphatic rings. The van der Waals surface area contributed by atoms with E-state index in [9.17, 15) is 14.0 Å². The molecule has 0 saturated heterocycles. The molecule has 216 valence electrons. The minimum atomic E-state index is -0.889. The molecule has 1 aliphatic carbocycles. The summed E-state index contributed by atoms with van der Waals surface area (Å²) < 4.78 is 20.0. The summed E-state index contributed by atoms with van der Waals surface area (Å²) in [7, 11) is 1.22. The van der Waals surface area contributed by atoms with Crippen LogP contribution in [0, 0.1) is 11.7 Å². The number of hydrogen-bond donors (Lipinski definition) is 1.